The fraction of sp³-hybridized carbons (Fsp3) is 0.381. The van der Waals surface area contributed by atoms with Gasteiger partial charge in [-0.1, -0.05) is 30.3 Å². The number of thiocarbonyl (C=S) groups is 1. The molecule has 0 radical (unpaired) electrons. The highest BCUT2D eigenvalue weighted by molar-refractivity contribution is 7.80. The van der Waals surface area contributed by atoms with Crippen molar-refractivity contribution < 1.29 is 28.7 Å². The maximum Gasteiger partial charge on any atom is 0.330 e. The van der Waals surface area contributed by atoms with E-state index in [1.807, 2.05) is 30.3 Å². The first-order valence-electron chi connectivity index (χ1n) is 9.84. The fourth-order valence-electron chi connectivity index (χ4n) is 2.86. The van der Waals surface area contributed by atoms with E-state index in [1.165, 1.54) is 4.90 Å². The lowest BCUT2D eigenvalue weighted by Gasteiger charge is -2.36. The van der Waals surface area contributed by atoms with Gasteiger partial charge in [-0.15, -0.1) is 0 Å². The smallest absolute Gasteiger partial charge is 0.330 e. The van der Waals surface area contributed by atoms with E-state index < -0.39 is 23.9 Å². The number of carbonyl (C=O) groups excluding carboxylic acids is 4. The molecule has 2 amide bonds. The molecule has 1 fully saturated rings. The molecule has 0 spiro atoms. The SMILES string of the molecule is CCOC(=O)C=CC(=O)NC(=S)N1CCNC(=O)C1CC(=O)OCCc1ccccc1. The average Bonchev–Trinajstić information content (AvgIpc) is 2.74. The molecule has 1 aliphatic rings. The number of benzene rings is 1. The largest absolute Gasteiger partial charge is 0.465 e. The van der Waals surface area contributed by atoms with E-state index in [2.05, 4.69) is 10.6 Å². The van der Waals surface area contributed by atoms with Crippen LogP contribution in [0.5, 0.6) is 0 Å². The van der Waals surface area contributed by atoms with E-state index in [9.17, 15) is 19.2 Å². The molecular formula is C21H25N3O6S. The Hall–Kier alpha value is -3.27. The minimum Gasteiger partial charge on any atom is -0.465 e. The number of esters is 2. The molecule has 1 aliphatic heterocycles. The quantitative estimate of drug-likeness (QED) is 0.336. The molecule has 31 heavy (non-hydrogen) atoms. The van der Waals surface area contributed by atoms with Gasteiger partial charge >= 0.3 is 11.9 Å². The highest BCUT2D eigenvalue weighted by Gasteiger charge is 2.34. The molecule has 0 bridgehead atoms. The van der Waals surface area contributed by atoms with E-state index in [-0.39, 0.29) is 30.7 Å². The third kappa shape index (κ3) is 8.17. The molecule has 0 saturated carbocycles. The number of nitrogens with zero attached hydrogens (tertiary/aromatic N) is 1. The predicted molar refractivity (Wildman–Crippen MR) is 116 cm³/mol. The van der Waals surface area contributed by atoms with Crippen molar-refractivity contribution in [3.63, 3.8) is 0 Å². The van der Waals surface area contributed by atoms with Crippen LogP contribution in [0, 0.1) is 0 Å². The van der Waals surface area contributed by atoms with Crippen molar-refractivity contribution >= 4 is 41.1 Å². The molecule has 166 valence electrons. The topological polar surface area (TPSA) is 114 Å². The summed E-state index contributed by atoms with van der Waals surface area (Å²) >= 11 is 5.23. The first-order valence-corrected chi connectivity index (χ1v) is 10.2. The number of nitrogens with one attached hydrogen (secondary N) is 2. The van der Waals surface area contributed by atoms with Gasteiger partial charge in [0, 0.05) is 31.7 Å². The van der Waals surface area contributed by atoms with Crippen molar-refractivity contribution in [1.29, 1.82) is 0 Å². The number of rotatable bonds is 8. The van der Waals surface area contributed by atoms with E-state index in [4.69, 9.17) is 21.7 Å². The van der Waals surface area contributed by atoms with E-state index in [0.717, 1.165) is 17.7 Å². The van der Waals surface area contributed by atoms with Crippen molar-refractivity contribution in [2.24, 2.45) is 0 Å². The molecule has 1 heterocycles. The monoisotopic (exact) mass is 447 g/mol. The summed E-state index contributed by atoms with van der Waals surface area (Å²) in [5, 5.41) is 5.09. The van der Waals surface area contributed by atoms with Crippen LogP contribution < -0.4 is 10.6 Å². The minimum absolute atomic E-state index is 0.0181. The van der Waals surface area contributed by atoms with Crippen LogP contribution >= 0.6 is 12.2 Å². The van der Waals surface area contributed by atoms with Gasteiger partial charge in [-0.2, -0.15) is 0 Å². The van der Waals surface area contributed by atoms with Crippen molar-refractivity contribution in [2.75, 3.05) is 26.3 Å². The summed E-state index contributed by atoms with van der Waals surface area (Å²) in [6.07, 6.45) is 2.32. The molecule has 2 N–H and O–H groups in total. The second-order valence-corrected chi connectivity index (χ2v) is 6.93. The van der Waals surface area contributed by atoms with E-state index in [1.54, 1.807) is 6.92 Å². The lowest BCUT2D eigenvalue weighted by molar-refractivity contribution is -0.147. The molecule has 9 nitrogen and oxygen atoms in total. The predicted octanol–water partition coefficient (Wildman–Crippen LogP) is 0.483. The molecule has 1 aromatic carbocycles. The Morgan fingerprint density at radius 1 is 1.23 bits per heavy atom. The first-order chi connectivity index (χ1) is 14.9. The molecular weight excluding hydrogens is 422 g/mol. The van der Waals surface area contributed by atoms with E-state index >= 15 is 0 Å². The molecule has 1 atom stereocenters. The summed E-state index contributed by atoms with van der Waals surface area (Å²) in [4.78, 5) is 49.3. The second-order valence-electron chi connectivity index (χ2n) is 6.54. The molecule has 10 heteroatoms. The van der Waals surface area contributed by atoms with Crippen LogP contribution in [0.2, 0.25) is 0 Å². The van der Waals surface area contributed by atoms with Gasteiger partial charge in [-0.3, -0.25) is 19.7 Å². The van der Waals surface area contributed by atoms with Crippen LogP contribution in [0.1, 0.15) is 18.9 Å². The Bertz CT molecular complexity index is 843. The zero-order valence-electron chi connectivity index (χ0n) is 17.2. The lowest BCUT2D eigenvalue weighted by atomic mass is 10.1. The Labute approximate surface area is 185 Å². The second kappa shape index (κ2) is 12.4. The Balaban J connectivity index is 1.88. The van der Waals surface area contributed by atoms with Gasteiger partial charge in [0.1, 0.15) is 6.04 Å². The third-order valence-electron chi connectivity index (χ3n) is 4.34. The van der Waals surface area contributed by atoms with E-state index in [0.29, 0.717) is 19.5 Å². The Kier molecular flexibility index (Phi) is 9.63. The fourth-order valence-corrected chi connectivity index (χ4v) is 3.18. The van der Waals surface area contributed by atoms with Crippen LogP contribution in [0.25, 0.3) is 0 Å². The molecule has 0 aliphatic carbocycles. The zero-order valence-corrected chi connectivity index (χ0v) is 18.0. The number of hydrogen-bond donors (Lipinski definition) is 2. The van der Waals surface area contributed by atoms with Crippen molar-refractivity contribution in [1.82, 2.24) is 15.5 Å². The number of amides is 2. The number of hydrogen-bond acceptors (Lipinski definition) is 7. The minimum atomic E-state index is -0.903. The highest BCUT2D eigenvalue weighted by atomic mass is 32.1. The molecule has 2 rings (SSSR count). The van der Waals surface area contributed by atoms with Crippen molar-refractivity contribution in [3.8, 4) is 0 Å². The van der Waals surface area contributed by atoms with Crippen molar-refractivity contribution in [2.45, 2.75) is 25.8 Å². The summed E-state index contributed by atoms with van der Waals surface area (Å²) in [5.41, 5.74) is 1.03. The Morgan fingerprint density at radius 2 is 1.97 bits per heavy atom. The van der Waals surface area contributed by atoms with Gasteiger partial charge in [0.25, 0.3) is 0 Å². The average molecular weight is 448 g/mol. The first kappa shape index (κ1) is 24.0. The van der Waals surface area contributed by atoms with Gasteiger partial charge in [0.15, 0.2) is 5.11 Å². The number of ether oxygens (including phenoxy) is 2. The number of piperazine rings is 1. The van der Waals surface area contributed by atoms with Crippen LogP contribution in [-0.4, -0.2) is 66.1 Å². The maximum atomic E-state index is 12.3. The zero-order chi connectivity index (χ0) is 22.6. The summed E-state index contributed by atoms with van der Waals surface area (Å²) in [6.45, 7) is 2.66. The summed E-state index contributed by atoms with van der Waals surface area (Å²) < 4.78 is 9.95. The van der Waals surface area contributed by atoms with Gasteiger partial charge in [0.2, 0.25) is 11.8 Å². The summed E-state index contributed by atoms with van der Waals surface area (Å²) in [6, 6.07) is 8.67. The van der Waals surface area contributed by atoms with Crippen LogP contribution in [0.3, 0.4) is 0 Å². The van der Waals surface area contributed by atoms with Gasteiger partial charge in [-0.25, -0.2) is 4.79 Å². The van der Waals surface area contributed by atoms with Gasteiger partial charge in [0.05, 0.1) is 19.6 Å². The molecule has 0 aromatic heterocycles. The van der Waals surface area contributed by atoms with Crippen LogP contribution in [0.4, 0.5) is 0 Å². The normalized spacial score (nSPS) is 15.8. The lowest BCUT2D eigenvalue weighted by Crippen LogP contribution is -2.60. The number of carbonyl (C=O) groups is 4. The van der Waals surface area contributed by atoms with Crippen LogP contribution in [-0.2, 0) is 35.1 Å². The summed E-state index contributed by atoms with van der Waals surface area (Å²) in [5.74, 6) is -2.23. The maximum absolute atomic E-state index is 12.3. The summed E-state index contributed by atoms with van der Waals surface area (Å²) in [7, 11) is 0. The Morgan fingerprint density at radius 3 is 2.68 bits per heavy atom. The van der Waals surface area contributed by atoms with Crippen molar-refractivity contribution in [3.05, 3.63) is 48.0 Å². The molecule has 1 unspecified atom stereocenters. The highest BCUT2D eigenvalue weighted by Crippen LogP contribution is 2.11. The molecule has 1 saturated heterocycles. The standard InChI is InChI=1S/C21H25N3O6S/c1-2-29-18(26)9-8-17(25)23-21(31)24-12-11-22-20(28)16(24)14-19(27)30-13-10-15-6-4-3-5-7-15/h3-9,16H,2,10-14H2,1H3,(H,22,28)(H,23,25,31). The molecule has 1 aromatic rings. The van der Waals surface area contributed by atoms with Crippen LogP contribution in [0.15, 0.2) is 42.5 Å². The third-order valence-corrected chi connectivity index (χ3v) is 4.67. The van der Waals surface area contributed by atoms with Gasteiger partial charge < -0.3 is 19.7 Å². The van der Waals surface area contributed by atoms with Gasteiger partial charge in [-0.05, 0) is 24.7 Å².